The van der Waals surface area contributed by atoms with E-state index < -0.39 is 12.6 Å². The summed E-state index contributed by atoms with van der Waals surface area (Å²) in [6, 6.07) is 10.5. The van der Waals surface area contributed by atoms with E-state index in [9.17, 15) is 13.2 Å². The van der Waals surface area contributed by atoms with Crippen LogP contribution in [-0.4, -0.2) is 36.8 Å². The minimum atomic E-state index is -4.05. The van der Waals surface area contributed by atoms with Crippen molar-refractivity contribution in [1.29, 1.82) is 0 Å². The zero-order valence-electron chi connectivity index (χ0n) is 11.7. The van der Waals surface area contributed by atoms with E-state index >= 15 is 0 Å². The van der Waals surface area contributed by atoms with Crippen molar-refractivity contribution < 1.29 is 13.2 Å². The van der Waals surface area contributed by atoms with E-state index in [2.05, 4.69) is 29.3 Å². The van der Waals surface area contributed by atoms with Crippen LogP contribution < -0.4 is 5.32 Å². The van der Waals surface area contributed by atoms with Crippen LogP contribution in [0.25, 0.3) is 0 Å². The third-order valence-corrected chi connectivity index (χ3v) is 3.81. The van der Waals surface area contributed by atoms with Gasteiger partial charge in [-0.15, -0.1) is 0 Å². The normalized spacial score (nSPS) is 24.8. The Bertz CT molecular complexity index is 405. The van der Waals surface area contributed by atoms with Gasteiger partial charge < -0.3 is 5.32 Å². The van der Waals surface area contributed by atoms with Crippen molar-refractivity contribution in [2.24, 2.45) is 0 Å². The van der Waals surface area contributed by atoms with Gasteiger partial charge >= 0.3 is 6.18 Å². The largest absolute Gasteiger partial charge is 0.389 e. The van der Waals surface area contributed by atoms with Gasteiger partial charge in [0.1, 0.15) is 0 Å². The summed E-state index contributed by atoms with van der Waals surface area (Å²) in [5.74, 6) is 0. The van der Waals surface area contributed by atoms with Gasteiger partial charge in [0, 0.05) is 31.6 Å². The summed E-state index contributed by atoms with van der Waals surface area (Å²) in [5.41, 5.74) is 1.19. The molecule has 2 nitrogen and oxygen atoms in total. The van der Waals surface area contributed by atoms with Crippen LogP contribution in [0.4, 0.5) is 13.2 Å². The number of piperazine rings is 1. The molecule has 0 radical (unpaired) electrons. The van der Waals surface area contributed by atoms with Crippen molar-refractivity contribution in [3.05, 3.63) is 35.9 Å². The molecule has 0 spiro atoms. The fourth-order valence-electron chi connectivity index (χ4n) is 2.62. The number of halogens is 3. The molecule has 0 aliphatic carbocycles. The van der Waals surface area contributed by atoms with Crippen LogP contribution in [-0.2, 0) is 0 Å². The monoisotopic (exact) mass is 286 g/mol. The van der Waals surface area contributed by atoms with Crippen LogP contribution in [0.5, 0.6) is 0 Å². The molecule has 0 bridgehead atoms. The molecule has 0 aromatic heterocycles. The molecule has 112 valence electrons. The van der Waals surface area contributed by atoms with Crippen LogP contribution in [0.3, 0.4) is 0 Å². The molecule has 1 heterocycles. The van der Waals surface area contributed by atoms with Gasteiger partial charge in [-0.1, -0.05) is 30.3 Å². The average Bonchev–Trinajstić information content (AvgIpc) is 2.40. The molecule has 1 aromatic rings. The van der Waals surface area contributed by atoms with Crippen molar-refractivity contribution in [3.8, 4) is 0 Å². The van der Waals surface area contributed by atoms with Crippen LogP contribution in [0.1, 0.15) is 31.4 Å². The molecule has 1 saturated heterocycles. The van der Waals surface area contributed by atoms with Gasteiger partial charge in [-0.05, 0) is 25.5 Å². The van der Waals surface area contributed by atoms with E-state index in [4.69, 9.17) is 0 Å². The van der Waals surface area contributed by atoms with Gasteiger partial charge in [0.2, 0.25) is 0 Å². The topological polar surface area (TPSA) is 15.3 Å². The van der Waals surface area contributed by atoms with Gasteiger partial charge in [-0.3, -0.25) is 4.90 Å². The summed E-state index contributed by atoms with van der Waals surface area (Å²) < 4.78 is 36.7. The van der Waals surface area contributed by atoms with E-state index in [1.165, 1.54) is 5.56 Å². The molecule has 1 aliphatic rings. The molecule has 1 N–H and O–H groups in total. The molecular formula is C15H21F3N2. The van der Waals surface area contributed by atoms with Gasteiger partial charge in [-0.25, -0.2) is 0 Å². The number of hydrogen-bond acceptors (Lipinski definition) is 2. The smallest absolute Gasteiger partial charge is 0.307 e. The maximum absolute atomic E-state index is 12.2. The lowest BCUT2D eigenvalue weighted by molar-refractivity contribution is -0.136. The number of nitrogens with zero attached hydrogens (tertiary/aromatic N) is 1. The standard InChI is InChI=1S/C15H21F3N2/c1-12-10-19-14(13-6-3-2-4-7-13)11-20(12)9-5-8-15(16,17)18/h2-4,6-7,12,14,19H,5,8-11H2,1H3. The van der Waals surface area contributed by atoms with Crippen molar-refractivity contribution in [2.75, 3.05) is 19.6 Å². The highest BCUT2D eigenvalue weighted by Crippen LogP contribution is 2.24. The van der Waals surface area contributed by atoms with Crippen molar-refractivity contribution in [2.45, 2.75) is 38.0 Å². The highest BCUT2D eigenvalue weighted by atomic mass is 19.4. The zero-order valence-corrected chi connectivity index (χ0v) is 11.7. The average molecular weight is 286 g/mol. The Hall–Kier alpha value is -1.07. The molecule has 0 amide bonds. The van der Waals surface area contributed by atoms with Crippen LogP contribution in [0, 0.1) is 0 Å². The summed E-state index contributed by atoms with van der Waals surface area (Å²) in [7, 11) is 0. The Morgan fingerprint density at radius 3 is 2.60 bits per heavy atom. The van der Waals surface area contributed by atoms with E-state index in [1.54, 1.807) is 0 Å². The van der Waals surface area contributed by atoms with Crippen LogP contribution >= 0.6 is 0 Å². The first-order chi connectivity index (χ1) is 9.46. The van der Waals surface area contributed by atoms with Crippen LogP contribution in [0.2, 0.25) is 0 Å². The first kappa shape index (κ1) is 15.3. The molecule has 1 aliphatic heterocycles. The molecule has 5 heteroatoms. The van der Waals surface area contributed by atoms with Gasteiger partial charge in [-0.2, -0.15) is 13.2 Å². The lowest BCUT2D eigenvalue weighted by Gasteiger charge is -2.39. The van der Waals surface area contributed by atoms with Crippen molar-refractivity contribution in [1.82, 2.24) is 10.2 Å². The lowest BCUT2D eigenvalue weighted by atomic mass is 10.0. The lowest BCUT2D eigenvalue weighted by Crippen LogP contribution is -2.51. The molecule has 0 saturated carbocycles. The Morgan fingerprint density at radius 2 is 1.95 bits per heavy atom. The number of benzene rings is 1. The predicted octanol–water partition coefficient (Wildman–Crippen LogP) is 3.36. The summed E-state index contributed by atoms with van der Waals surface area (Å²) in [6.45, 7) is 4.14. The fourth-order valence-corrected chi connectivity index (χ4v) is 2.62. The second kappa shape index (κ2) is 6.59. The van der Waals surface area contributed by atoms with Gasteiger partial charge in [0.05, 0.1) is 0 Å². The number of rotatable bonds is 4. The minimum absolute atomic E-state index is 0.176. The first-order valence-corrected chi connectivity index (χ1v) is 7.05. The van der Waals surface area contributed by atoms with E-state index in [1.807, 2.05) is 18.2 Å². The van der Waals surface area contributed by atoms with E-state index in [-0.39, 0.29) is 18.5 Å². The second-order valence-corrected chi connectivity index (χ2v) is 5.43. The molecule has 2 unspecified atom stereocenters. The number of alkyl halides is 3. The number of nitrogens with one attached hydrogen (secondary N) is 1. The van der Waals surface area contributed by atoms with E-state index in [0.29, 0.717) is 6.54 Å². The summed E-state index contributed by atoms with van der Waals surface area (Å²) in [5, 5.41) is 3.46. The summed E-state index contributed by atoms with van der Waals surface area (Å²) in [4.78, 5) is 2.15. The quantitative estimate of drug-likeness (QED) is 0.913. The molecule has 20 heavy (non-hydrogen) atoms. The molecular weight excluding hydrogens is 265 g/mol. The van der Waals surface area contributed by atoms with E-state index in [0.717, 1.165) is 13.1 Å². The minimum Gasteiger partial charge on any atom is -0.307 e. The molecule has 1 aromatic carbocycles. The maximum Gasteiger partial charge on any atom is 0.389 e. The number of hydrogen-bond donors (Lipinski definition) is 1. The van der Waals surface area contributed by atoms with Gasteiger partial charge in [0.15, 0.2) is 0 Å². The fraction of sp³-hybridized carbons (Fsp3) is 0.600. The molecule has 2 atom stereocenters. The summed E-state index contributed by atoms with van der Waals surface area (Å²) >= 11 is 0. The summed E-state index contributed by atoms with van der Waals surface area (Å²) in [6.07, 6.45) is -4.56. The Morgan fingerprint density at radius 1 is 1.25 bits per heavy atom. The highest BCUT2D eigenvalue weighted by Gasteiger charge is 2.29. The maximum atomic E-state index is 12.2. The third-order valence-electron chi connectivity index (χ3n) is 3.81. The Balaban J connectivity index is 1.88. The highest BCUT2D eigenvalue weighted by molar-refractivity contribution is 5.20. The van der Waals surface area contributed by atoms with Crippen LogP contribution in [0.15, 0.2) is 30.3 Å². The second-order valence-electron chi connectivity index (χ2n) is 5.43. The third kappa shape index (κ3) is 4.49. The van der Waals surface area contributed by atoms with Crippen molar-refractivity contribution in [3.63, 3.8) is 0 Å². The Labute approximate surface area is 118 Å². The first-order valence-electron chi connectivity index (χ1n) is 7.05. The van der Waals surface area contributed by atoms with Crippen molar-refractivity contribution >= 4 is 0 Å². The van der Waals surface area contributed by atoms with Gasteiger partial charge in [0.25, 0.3) is 0 Å². The zero-order chi connectivity index (χ0) is 14.6. The molecule has 2 rings (SSSR count). The SMILES string of the molecule is CC1CNC(c2ccccc2)CN1CCCC(F)(F)F. The Kier molecular flexibility index (Phi) is 5.05. The molecule has 1 fully saturated rings. The predicted molar refractivity (Wildman–Crippen MR) is 73.5 cm³/mol.